The molecule has 1 heterocycles. The van der Waals surface area contributed by atoms with E-state index in [1.54, 1.807) is 6.07 Å². The van der Waals surface area contributed by atoms with E-state index in [1.807, 2.05) is 25.1 Å². The first kappa shape index (κ1) is 21.0. The van der Waals surface area contributed by atoms with Gasteiger partial charge in [0.25, 0.3) is 5.56 Å². The van der Waals surface area contributed by atoms with Gasteiger partial charge in [-0.2, -0.15) is 5.10 Å². The molecule has 0 bridgehead atoms. The quantitative estimate of drug-likeness (QED) is 0.492. The zero-order valence-corrected chi connectivity index (χ0v) is 16.2. The van der Waals surface area contributed by atoms with Gasteiger partial charge in [-0.1, -0.05) is 23.7 Å². The predicted molar refractivity (Wildman–Crippen MR) is 105 cm³/mol. The van der Waals surface area contributed by atoms with Gasteiger partial charge in [0.15, 0.2) is 11.5 Å². The topological polar surface area (TPSA) is 97.6 Å². The number of aliphatic hydroxyl groups is 1. The van der Waals surface area contributed by atoms with Gasteiger partial charge in [-0.05, 0) is 19.1 Å². The van der Waals surface area contributed by atoms with Gasteiger partial charge in [0.2, 0.25) is 0 Å². The van der Waals surface area contributed by atoms with Crippen molar-refractivity contribution in [3.63, 3.8) is 0 Å². The van der Waals surface area contributed by atoms with Gasteiger partial charge in [-0.15, -0.1) is 0 Å². The van der Waals surface area contributed by atoms with Crippen LogP contribution in [0.5, 0.6) is 11.5 Å². The highest BCUT2D eigenvalue weighted by Gasteiger charge is 2.09. The molecule has 0 saturated heterocycles. The Bertz CT molecular complexity index is 784. The van der Waals surface area contributed by atoms with Crippen molar-refractivity contribution in [1.82, 2.24) is 15.1 Å². The van der Waals surface area contributed by atoms with E-state index in [0.29, 0.717) is 43.4 Å². The third-order valence-corrected chi connectivity index (χ3v) is 4.02. The summed E-state index contributed by atoms with van der Waals surface area (Å²) in [4.78, 5) is 11.7. The molecular formula is C18H25ClN4O4. The van der Waals surface area contributed by atoms with E-state index in [2.05, 4.69) is 15.7 Å². The molecule has 1 atom stereocenters. The van der Waals surface area contributed by atoms with Crippen LogP contribution in [0.2, 0.25) is 5.02 Å². The number of nitrogens with zero attached hydrogens (tertiary/aromatic N) is 2. The number of ether oxygens (including phenoxy) is 2. The number of rotatable bonds is 11. The third kappa shape index (κ3) is 6.42. The molecule has 0 aliphatic heterocycles. The summed E-state index contributed by atoms with van der Waals surface area (Å²) in [6.07, 6.45) is 0.830. The van der Waals surface area contributed by atoms with Crippen LogP contribution in [0.1, 0.15) is 6.92 Å². The molecular weight excluding hydrogens is 372 g/mol. The number of para-hydroxylation sites is 2. The maximum absolute atomic E-state index is 11.7. The molecule has 2 rings (SSSR count). The smallest absolute Gasteiger partial charge is 0.287 e. The van der Waals surface area contributed by atoms with Crippen molar-refractivity contribution in [2.75, 3.05) is 38.2 Å². The zero-order chi connectivity index (χ0) is 19.6. The SMILES string of the molecule is CCOc1ccccc1OCC(O)CNCCNc1cnn(C)c(=O)c1Cl. The first-order valence-corrected chi connectivity index (χ1v) is 9.09. The first-order chi connectivity index (χ1) is 13.0. The fourth-order valence-electron chi connectivity index (χ4n) is 2.28. The van der Waals surface area contributed by atoms with E-state index >= 15 is 0 Å². The molecule has 0 spiro atoms. The summed E-state index contributed by atoms with van der Waals surface area (Å²) < 4.78 is 12.3. The molecule has 1 unspecified atom stereocenters. The van der Waals surface area contributed by atoms with Crippen LogP contribution in [0.25, 0.3) is 0 Å². The van der Waals surface area contributed by atoms with Crippen LogP contribution in [0.3, 0.4) is 0 Å². The maximum atomic E-state index is 11.7. The molecule has 0 amide bonds. The van der Waals surface area contributed by atoms with Gasteiger partial charge >= 0.3 is 0 Å². The van der Waals surface area contributed by atoms with Crippen LogP contribution >= 0.6 is 11.6 Å². The van der Waals surface area contributed by atoms with E-state index in [4.69, 9.17) is 21.1 Å². The van der Waals surface area contributed by atoms with Crippen molar-refractivity contribution in [2.45, 2.75) is 13.0 Å². The molecule has 0 aliphatic rings. The zero-order valence-electron chi connectivity index (χ0n) is 15.4. The molecule has 0 fully saturated rings. The van der Waals surface area contributed by atoms with Crippen molar-refractivity contribution in [2.24, 2.45) is 7.05 Å². The summed E-state index contributed by atoms with van der Waals surface area (Å²) in [6, 6.07) is 7.35. The summed E-state index contributed by atoms with van der Waals surface area (Å²) in [5.74, 6) is 1.26. The Morgan fingerprint density at radius 3 is 2.67 bits per heavy atom. The lowest BCUT2D eigenvalue weighted by molar-refractivity contribution is 0.104. The average Bonchev–Trinajstić information content (AvgIpc) is 2.67. The second-order valence-electron chi connectivity index (χ2n) is 5.78. The molecule has 9 heteroatoms. The summed E-state index contributed by atoms with van der Waals surface area (Å²) >= 11 is 5.97. The van der Waals surface area contributed by atoms with Crippen LogP contribution in [-0.2, 0) is 7.05 Å². The monoisotopic (exact) mass is 396 g/mol. The number of halogens is 1. The summed E-state index contributed by atoms with van der Waals surface area (Å²) in [5.41, 5.74) is 0.132. The molecule has 148 valence electrons. The van der Waals surface area contributed by atoms with Gasteiger partial charge in [0.1, 0.15) is 17.7 Å². The maximum Gasteiger partial charge on any atom is 0.287 e. The Balaban J connectivity index is 1.67. The van der Waals surface area contributed by atoms with Gasteiger partial charge in [0, 0.05) is 26.7 Å². The molecule has 27 heavy (non-hydrogen) atoms. The second-order valence-corrected chi connectivity index (χ2v) is 6.15. The van der Waals surface area contributed by atoms with Crippen molar-refractivity contribution in [3.8, 4) is 11.5 Å². The molecule has 2 aromatic rings. The largest absolute Gasteiger partial charge is 0.490 e. The highest BCUT2D eigenvalue weighted by Crippen LogP contribution is 2.26. The number of hydrogen-bond acceptors (Lipinski definition) is 7. The van der Waals surface area contributed by atoms with E-state index in [0.717, 1.165) is 0 Å². The standard InChI is InChI=1S/C18H25ClN4O4/c1-3-26-15-6-4-5-7-16(15)27-12-13(24)10-20-8-9-21-14-11-22-23(2)18(25)17(14)19/h4-7,11,13,20-21,24H,3,8-10,12H2,1-2H3. The Morgan fingerprint density at radius 1 is 1.26 bits per heavy atom. The highest BCUT2D eigenvalue weighted by atomic mass is 35.5. The van der Waals surface area contributed by atoms with Crippen molar-refractivity contribution < 1.29 is 14.6 Å². The number of benzene rings is 1. The summed E-state index contributed by atoms with van der Waals surface area (Å²) in [6.45, 7) is 4.05. The minimum absolute atomic E-state index is 0.105. The van der Waals surface area contributed by atoms with Crippen molar-refractivity contribution in [1.29, 1.82) is 0 Å². The first-order valence-electron chi connectivity index (χ1n) is 8.72. The third-order valence-electron chi connectivity index (χ3n) is 3.66. The molecule has 0 saturated carbocycles. The summed E-state index contributed by atoms with van der Waals surface area (Å²) in [5, 5.41) is 20.2. The van der Waals surface area contributed by atoms with E-state index in [1.165, 1.54) is 17.9 Å². The molecule has 3 N–H and O–H groups in total. The lowest BCUT2D eigenvalue weighted by atomic mass is 10.3. The van der Waals surface area contributed by atoms with Gasteiger partial charge in [-0.25, -0.2) is 4.68 Å². The van der Waals surface area contributed by atoms with Crippen LogP contribution in [0.15, 0.2) is 35.3 Å². The molecule has 8 nitrogen and oxygen atoms in total. The normalized spacial score (nSPS) is 11.9. The predicted octanol–water partition coefficient (Wildman–Crippen LogP) is 1.27. The summed E-state index contributed by atoms with van der Waals surface area (Å²) in [7, 11) is 1.54. The fourth-order valence-corrected chi connectivity index (χ4v) is 2.52. The Hall–Kier alpha value is -2.29. The van der Waals surface area contributed by atoms with Gasteiger partial charge in [-0.3, -0.25) is 4.79 Å². The van der Waals surface area contributed by atoms with Crippen LogP contribution in [0.4, 0.5) is 5.69 Å². The Kier molecular flexibility index (Phi) is 8.38. The second kappa shape index (κ2) is 10.8. The average molecular weight is 397 g/mol. The van der Waals surface area contributed by atoms with Crippen molar-refractivity contribution >= 4 is 17.3 Å². The molecule has 1 aromatic carbocycles. The lowest BCUT2D eigenvalue weighted by Crippen LogP contribution is -2.34. The van der Waals surface area contributed by atoms with Crippen molar-refractivity contribution in [3.05, 3.63) is 45.8 Å². The Labute approximate surface area is 163 Å². The molecule has 1 aromatic heterocycles. The number of aliphatic hydroxyl groups excluding tert-OH is 1. The van der Waals surface area contributed by atoms with Crippen LogP contribution < -0.4 is 25.7 Å². The fraction of sp³-hybridized carbons (Fsp3) is 0.444. The van der Waals surface area contributed by atoms with Gasteiger partial charge < -0.3 is 25.2 Å². The number of aromatic nitrogens is 2. The van der Waals surface area contributed by atoms with E-state index in [-0.39, 0.29) is 17.2 Å². The van der Waals surface area contributed by atoms with E-state index < -0.39 is 6.10 Å². The molecule has 0 radical (unpaired) electrons. The highest BCUT2D eigenvalue weighted by molar-refractivity contribution is 6.32. The number of hydrogen-bond donors (Lipinski definition) is 3. The minimum Gasteiger partial charge on any atom is -0.490 e. The number of nitrogens with one attached hydrogen (secondary N) is 2. The van der Waals surface area contributed by atoms with Gasteiger partial charge in [0.05, 0.1) is 18.5 Å². The van der Waals surface area contributed by atoms with E-state index in [9.17, 15) is 9.90 Å². The lowest BCUT2D eigenvalue weighted by Gasteiger charge is -2.16. The number of anilines is 1. The Morgan fingerprint density at radius 2 is 1.96 bits per heavy atom. The minimum atomic E-state index is -0.672. The number of aryl methyl sites for hydroxylation is 1. The molecule has 0 aliphatic carbocycles. The van der Waals surface area contributed by atoms with Crippen LogP contribution in [0, 0.1) is 0 Å². The van der Waals surface area contributed by atoms with Crippen LogP contribution in [-0.4, -0.2) is 53.8 Å².